The molecular weight excluding hydrogens is 429 g/mol. The number of benzene rings is 1. The van der Waals surface area contributed by atoms with Gasteiger partial charge in [-0.3, -0.25) is 9.59 Å². The third-order valence-corrected chi connectivity index (χ3v) is 5.09. The van der Waals surface area contributed by atoms with Crippen molar-refractivity contribution in [1.29, 1.82) is 0 Å². The molecule has 0 radical (unpaired) electrons. The summed E-state index contributed by atoms with van der Waals surface area (Å²) in [5, 5.41) is 0. The van der Waals surface area contributed by atoms with E-state index in [-0.39, 0.29) is 30.3 Å². The second-order valence-electron chi connectivity index (χ2n) is 6.83. The summed E-state index contributed by atoms with van der Waals surface area (Å²) >= 11 is 3.21. The van der Waals surface area contributed by atoms with Gasteiger partial charge in [-0.25, -0.2) is 9.37 Å². The van der Waals surface area contributed by atoms with Crippen LogP contribution in [0.1, 0.15) is 27.9 Å². The molecule has 1 aliphatic heterocycles. The fourth-order valence-corrected chi connectivity index (χ4v) is 3.41. The van der Waals surface area contributed by atoms with Crippen LogP contribution in [0, 0.1) is 6.92 Å². The maximum atomic E-state index is 14.7. The Morgan fingerprint density at radius 1 is 1.36 bits per heavy atom. The van der Waals surface area contributed by atoms with E-state index < -0.39 is 18.2 Å². The SMILES string of the molecule is Cc1ccc(CC(=O)N2CC[C@H](Oc3ncc(Br)cc3C(N)=O)[C@@H](F)C2)cc1. The number of aromatic nitrogens is 1. The number of pyridine rings is 1. The Hall–Kier alpha value is -2.48. The van der Waals surface area contributed by atoms with E-state index >= 15 is 0 Å². The average molecular weight is 450 g/mol. The lowest BCUT2D eigenvalue weighted by molar-refractivity contribution is -0.134. The van der Waals surface area contributed by atoms with Crippen molar-refractivity contribution in [2.24, 2.45) is 5.73 Å². The van der Waals surface area contributed by atoms with Crippen LogP contribution in [0.15, 0.2) is 41.0 Å². The predicted octanol–water partition coefficient (Wildman–Crippen LogP) is 2.81. The van der Waals surface area contributed by atoms with Crippen molar-refractivity contribution in [1.82, 2.24) is 9.88 Å². The Morgan fingerprint density at radius 2 is 2.07 bits per heavy atom. The number of amides is 2. The summed E-state index contributed by atoms with van der Waals surface area (Å²) in [5.41, 5.74) is 7.44. The van der Waals surface area contributed by atoms with Crippen molar-refractivity contribution < 1.29 is 18.7 Å². The fraction of sp³-hybridized carbons (Fsp3) is 0.350. The monoisotopic (exact) mass is 449 g/mol. The summed E-state index contributed by atoms with van der Waals surface area (Å²) in [7, 11) is 0. The molecule has 0 spiro atoms. The zero-order valence-corrected chi connectivity index (χ0v) is 17.0. The summed E-state index contributed by atoms with van der Waals surface area (Å²) in [4.78, 5) is 29.6. The van der Waals surface area contributed by atoms with E-state index in [2.05, 4.69) is 20.9 Å². The van der Waals surface area contributed by atoms with Gasteiger partial charge in [0.2, 0.25) is 11.8 Å². The number of primary amides is 1. The van der Waals surface area contributed by atoms with Gasteiger partial charge in [0, 0.05) is 23.6 Å². The van der Waals surface area contributed by atoms with Gasteiger partial charge in [0.1, 0.15) is 11.7 Å². The topological polar surface area (TPSA) is 85.5 Å². The molecule has 0 unspecified atom stereocenters. The molecule has 2 amide bonds. The molecule has 1 aromatic carbocycles. The van der Waals surface area contributed by atoms with Crippen LogP contribution in [-0.4, -0.2) is 47.1 Å². The lowest BCUT2D eigenvalue weighted by Crippen LogP contribution is -2.49. The molecule has 148 valence electrons. The molecule has 1 fully saturated rings. The number of carbonyl (C=O) groups excluding carboxylic acids is 2. The standard InChI is InChI=1S/C20H21BrFN3O3/c1-12-2-4-13(5-3-12)8-18(26)25-7-6-17(16(22)11-25)28-20-15(19(23)27)9-14(21)10-24-20/h2-5,9-10,16-17H,6-8,11H2,1H3,(H2,23,27)/t16-,17-/m0/s1. The summed E-state index contributed by atoms with van der Waals surface area (Å²) in [6.07, 6.45) is -0.193. The normalized spacial score (nSPS) is 19.3. The fourth-order valence-electron chi connectivity index (χ4n) is 3.08. The van der Waals surface area contributed by atoms with E-state index in [1.165, 1.54) is 17.2 Å². The van der Waals surface area contributed by atoms with Crippen molar-refractivity contribution in [3.05, 3.63) is 57.7 Å². The molecule has 1 saturated heterocycles. The minimum Gasteiger partial charge on any atom is -0.471 e. The number of nitrogens with two attached hydrogens (primary N) is 1. The number of nitrogens with zero attached hydrogens (tertiary/aromatic N) is 2. The minimum absolute atomic E-state index is 0.00258. The maximum absolute atomic E-state index is 14.7. The third-order valence-electron chi connectivity index (χ3n) is 4.66. The highest BCUT2D eigenvalue weighted by molar-refractivity contribution is 9.10. The van der Waals surface area contributed by atoms with Crippen LogP contribution in [0.3, 0.4) is 0 Å². The maximum Gasteiger partial charge on any atom is 0.254 e. The van der Waals surface area contributed by atoms with Crippen molar-refractivity contribution in [3.63, 3.8) is 0 Å². The van der Waals surface area contributed by atoms with E-state index in [4.69, 9.17) is 10.5 Å². The van der Waals surface area contributed by atoms with E-state index in [0.717, 1.165) is 11.1 Å². The van der Waals surface area contributed by atoms with Crippen LogP contribution < -0.4 is 10.5 Å². The molecule has 2 aromatic rings. The first kappa shape index (κ1) is 20.3. The molecule has 2 heterocycles. The van der Waals surface area contributed by atoms with Crippen LogP contribution in [-0.2, 0) is 11.2 Å². The number of likely N-dealkylation sites (tertiary alicyclic amines) is 1. The van der Waals surface area contributed by atoms with Crippen molar-refractivity contribution in [3.8, 4) is 5.88 Å². The summed E-state index contributed by atoms with van der Waals surface area (Å²) in [5.74, 6) is -0.822. The molecule has 2 N–H and O–H groups in total. The number of halogens is 2. The zero-order chi connectivity index (χ0) is 20.3. The highest BCUT2D eigenvalue weighted by Gasteiger charge is 2.34. The molecule has 0 saturated carbocycles. The quantitative estimate of drug-likeness (QED) is 0.760. The van der Waals surface area contributed by atoms with Crippen molar-refractivity contribution in [2.75, 3.05) is 13.1 Å². The van der Waals surface area contributed by atoms with Gasteiger partial charge < -0.3 is 15.4 Å². The molecule has 3 rings (SSSR count). The highest BCUT2D eigenvalue weighted by Crippen LogP contribution is 2.25. The number of hydrogen-bond donors (Lipinski definition) is 1. The summed E-state index contributed by atoms with van der Waals surface area (Å²) in [6.45, 7) is 2.30. The van der Waals surface area contributed by atoms with E-state index in [1.807, 2.05) is 31.2 Å². The lowest BCUT2D eigenvalue weighted by atomic mass is 10.0. The number of ether oxygens (including phenoxy) is 1. The van der Waals surface area contributed by atoms with Crippen LogP contribution in [0.5, 0.6) is 5.88 Å². The van der Waals surface area contributed by atoms with Gasteiger partial charge in [0.15, 0.2) is 6.17 Å². The summed E-state index contributed by atoms with van der Waals surface area (Å²) < 4.78 is 20.9. The van der Waals surface area contributed by atoms with E-state index in [9.17, 15) is 14.0 Å². The Morgan fingerprint density at radius 3 is 2.71 bits per heavy atom. The number of carbonyl (C=O) groups is 2. The number of rotatable bonds is 5. The smallest absolute Gasteiger partial charge is 0.254 e. The van der Waals surface area contributed by atoms with Gasteiger partial charge >= 0.3 is 0 Å². The lowest BCUT2D eigenvalue weighted by Gasteiger charge is -2.34. The Labute approximate surface area is 171 Å². The molecule has 1 aromatic heterocycles. The number of aryl methyl sites for hydroxylation is 1. The molecule has 1 aliphatic rings. The third kappa shape index (κ3) is 4.86. The Kier molecular flexibility index (Phi) is 6.28. The van der Waals surface area contributed by atoms with Crippen LogP contribution >= 0.6 is 15.9 Å². The van der Waals surface area contributed by atoms with Gasteiger partial charge in [-0.2, -0.15) is 0 Å². The van der Waals surface area contributed by atoms with Gasteiger partial charge in [-0.1, -0.05) is 29.8 Å². The van der Waals surface area contributed by atoms with Gasteiger partial charge in [-0.05, 0) is 34.5 Å². The van der Waals surface area contributed by atoms with E-state index in [1.54, 1.807) is 0 Å². The van der Waals surface area contributed by atoms with Gasteiger partial charge in [-0.15, -0.1) is 0 Å². The van der Waals surface area contributed by atoms with Gasteiger partial charge in [0.25, 0.3) is 5.91 Å². The summed E-state index contributed by atoms with van der Waals surface area (Å²) in [6, 6.07) is 9.18. The number of hydrogen-bond acceptors (Lipinski definition) is 4. The second kappa shape index (κ2) is 8.68. The molecule has 28 heavy (non-hydrogen) atoms. The minimum atomic E-state index is -1.39. The predicted molar refractivity (Wildman–Crippen MR) is 106 cm³/mol. The van der Waals surface area contributed by atoms with Crippen LogP contribution in [0.2, 0.25) is 0 Å². The first-order valence-corrected chi connectivity index (χ1v) is 9.72. The molecule has 6 nitrogen and oxygen atoms in total. The molecule has 0 aliphatic carbocycles. The molecule has 8 heteroatoms. The van der Waals surface area contributed by atoms with Crippen molar-refractivity contribution >= 4 is 27.7 Å². The van der Waals surface area contributed by atoms with E-state index in [0.29, 0.717) is 17.4 Å². The highest BCUT2D eigenvalue weighted by atomic mass is 79.9. The van der Waals surface area contributed by atoms with Gasteiger partial charge in [0.05, 0.1) is 13.0 Å². The van der Waals surface area contributed by atoms with Crippen LogP contribution in [0.25, 0.3) is 0 Å². The molecule has 2 atom stereocenters. The largest absolute Gasteiger partial charge is 0.471 e. The van der Waals surface area contributed by atoms with Crippen LogP contribution in [0.4, 0.5) is 4.39 Å². The first-order chi connectivity index (χ1) is 13.3. The number of piperidine rings is 1. The molecular formula is C20H21BrFN3O3. The zero-order valence-electron chi connectivity index (χ0n) is 15.4. The molecule has 0 bridgehead atoms. The number of alkyl halides is 1. The Balaban J connectivity index is 1.61. The second-order valence-corrected chi connectivity index (χ2v) is 7.75. The van der Waals surface area contributed by atoms with Crippen molar-refractivity contribution in [2.45, 2.75) is 32.0 Å². The Bertz CT molecular complexity index is 875. The average Bonchev–Trinajstić information content (AvgIpc) is 2.66. The first-order valence-electron chi connectivity index (χ1n) is 8.93.